The molecule has 0 bridgehead atoms. The summed E-state index contributed by atoms with van der Waals surface area (Å²) in [5.74, 6) is 0.667. The van der Waals surface area contributed by atoms with Crippen LogP contribution in [0.4, 0.5) is 0 Å². The summed E-state index contributed by atoms with van der Waals surface area (Å²) < 4.78 is 23.5. The van der Waals surface area contributed by atoms with Crippen LogP contribution < -0.4 is 15.0 Å². The second-order valence-electron chi connectivity index (χ2n) is 8.81. The molecule has 0 aliphatic rings. The fourth-order valence-electron chi connectivity index (χ4n) is 4.01. The van der Waals surface area contributed by atoms with E-state index < -0.39 is 11.5 Å². The monoisotopic (exact) mass is 545 g/mol. The van der Waals surface area contributed by atoms with Gasteiger partial charge < -0.3 is 18.6 Å². The lowest BCUT2D eigenvalue weighted by Gasteiger charge is -2.14. The Kier molecular flexibility index (Phi) is 7.33. The molecule has 198 valence electrons. The summed E-state index contributed by atoms with van der Waals surface area (Å²) in [6, 6.07) is 19.1. The van der Waals surface area contributed by atoms with Gasteiger partial charge in [0.25, 0.3) is 5.56 Å². The van der Waals surface area contributed by atoms with Crippen LogP contribution >= 0.6 is 11.6 Å². The maximum Gasteiger partial charge on any atom is 0.344 e. The highest BCUT2D eigenvalue weighted by atomic mass is 35.5. The van der Waals surface area contributed by atoms with Crippen LogP contribution in [-0.4, -0.2) is 41.7 Å². The van der Waals surface area contributed by atoms with Crippen LogP contribution in [0.2, 0.25) is 5.02 Å². The molecular formula is C29H24ClN3O6. The van der Waals surface area contributed by atoms with Crippen molar-refractivity contribution in [3.8, 4) is 23.1 Å². The van der Waals surface area contributed by atoms with Crippen molar-refractivity contribution in [3.05, 3.63) is 87.7 Å². The molecule has 10 heteroatoms. The fraction of sp³-hybridized carbons (Fsp3) is 0.172. The summed E-state index contributed by atoms with van der Waals surface area (Å²) in [5, 5.41) is 6.18. The van der Waals surface area contributed by atoms with E-state index in [1.807, 2.05) is 0 Å². The number of nitrogens with zero attached hydrogens (tertiary/aromatic N) is 3. The minimum atomic E-state index is -0.527. The van der Waals surface area contributed by atoms with Crippen molar-refractivity contribution < 1.29 is 23.4 Å². The first-order valence-electron chi connectivity index (χ1n) is 12.1. The van der Waals surface area contributed by atoms with Crippen molar-refractivity contribution in [1.29, 1.82) is 0 Å². The SMILES string of the molecule is COc1cccc(C=Nn2c(-c3cc4cc(Cl)ccc4o3)nc3ccccc3c2=O)c1OCC(=O)OC(C)C. The quantitative estimate of drug-likeness (QED) is 0.182. The Morgan fingerprint density at radius 1 is 1.13 bits per heavy atom. The van der Waals surface area contributed by atoms with Crippen LogP contribution in [0.5, 0.6) is 11.5 Å². The number of hydrogen-bond acceptors (Lipinski definition) is 8. The number of halogens is 1. The van der Waals surface area contributed by atoms with Gasteiger partial charge in [-0.05, 0) is 62.4 Å². The van der Waals surface area contributed by atoms with Gasteiger partial charge in [-0.1, -0.05) is 29.8 Å². The number of methoxy groups -OCH3 is 1. The summed E-state index contributed by atoms with van der Waals surface area (Å²) in [4.78, 5) is 30.3. The van der Waals surface area contributed by atoms with Gasteiger partial charge in [0.1, 0.15) is 5.58 Å². The average Bonchev–Trinajstić information content (AvgIpc) is 3.34. The summed E-state index contributed by atoms with van der Waals surface area (Å²) >= 11 is 6.15. The van der Waals surface area contributed by atoms with E-state index in [1.165, 1.54) is 13.3 Å². The van der Waals surface area contributed by atoms with Crippen molar-refractivity contribution in [2.45, 2.75) is 20.0 Å². The summed E-state index contributed by atoms with van der Waals surface area (Å²) in [6.45, 7) is 3.18. The van der Waals surface area contributed by atoms with Gasteiger partial charge in [0.05, 0.1) is 30.3 Å². The molecule has 3 aromatic carbocycles. The number of ether oxygens (including phenoxy) is 3. The Balaban J connectivity index is 1.61. The number of rotatable bonds is 8. The molecule has 0 amide bonds. The molecule has 39 heavy (non-hydrogen) atoms. The first kappa shape index (κ1) is 26.0. The number of para-hydroxylation sites is 2. The zero-order chi connectivity index (χ0) is 27.5. The number of aromatic nitrogens is 2. The fourth-order valence-corrected chi connectivity index (χ4v) is 4.19. The highest BCUT2D eigenvalue weighted by Gasteiger charge is 2.18. The molecular weight excluding hydrogens is 522 g/mol. The third-order valence-corrected chi connectivity index (χ3v) is 5.93. The predicted molar refractivity (Wildman–Crippen MR) is 149 cm³/mol. The first-order valence-corrected chi connectivity index (χ1v) is 12.5. The molecule has 0 N–H and O–H groups in total. The molecule has 0 fully saturated rings. The normalized spacial score (nSPS) is 11.5. The van der Waals surface area contributed by atoms with E-state index in [0.717, 1.165) is 10.1 Å². The van der Waals surface area contributed by atoms with E-state index in [-0.39, 0.29) is 24.3 Å². The van der Waals surface area contributed by atoms with Crippen molar-refractivity contribution in [1.82, 2.24) is 9.66 Å². The number of furan rings is 1. The van der Waals surface area contributed by atoms with Gasteiger partial charge in [0.2, 0.25) is 5.82 Å². The Hall–Kier alpha value is -4.63. The van der Waals surface area contributed by atoms with E-state index in [0.29, 0.717) is 38.6 Å². The van der Waals surface area contributed by atoms with Gasteiger partial charge in [0.15, 0.2) is 23.9 Å². The smallest absolute Gasteiger partial charge is 0.344 e. The van der Waals surface area contributed by atoms with Gasteiger partial charge >= 0.3 is 5.97 Å². The summed E-state index contributed by atoms with van der Waals surface area (Å²) in [6.07, 6.45) is 1.16. The second-order valence-corrected chi connectivity index (χ2v) is 9.25. The molecule has 0 aliphatic heterocycles. The minimum absolute atomic E-state index is 0.202. The Morgan fingerprint density at radius 2 is 1.95 bits per heavy atom. The summed E-state index contributed by atoms with van der Waals surface area (Å²) in [5.41, 5.74) is 1.16. The third-order valence-electron chi connectivity index (χ3n) is 5.70. The van der Waals surface area contributed by atoms with E-state index in [1.54, 1.807) is 80.6 Å². The van der Waals surface area contributed by atoms with Crippen LogP contribution in [0.3, 0.4) is 0 Å². The molecule has 0 saturated carbocycles. The van der Waals surface area contributed by atoms with Crippen LogP contribution in [-0.2, 0) is 9.53 Å². The zero-order valence-corrected chi connectivity index (χ0v) is 22.1. The first-order chi connectivity index (χ1) is 18.8. The maximum absolute atomic E-state index is 13.6. The van der Waals surface area contributed by atoms with Crippen molar-refractivity contribution in [2.24, 2.45) is 5.10 Å². The van der Waals surface area contributed by atoms with Crippen molar-refractivity contribution in [2.75, 3.05) is 13.7 Å². The maximum atomic E-state index is 13.6. The highest BCUT2D eigenvalue weighted by Crippen LogP contribution is 2.31. The molecule has 5 rings (SSSR count). The van der Waals surface area contributed by atoms with Crippen LogP contribution in [0, 0.1) is 0 Å². The van der Waals surface area contributed by atoms with E-state index in [4.69, 9.17) is 30.2 Å². The Bertz CT molecular complexity index is 1770. The topological polar surface area (TPSA) is 105 Å². The molecule has 0 aliphatic carbocycles. The van der Waals surface area contributed by atoms with Gasteiger partial charge in [-0.3, -0.25) is 4.79 Å². The molecule has 2 aromatic heterocycles. The lowest BCUT2D eigenvalue weighted by molar-refractivity contribution is -0.149. The molecule has 0 spiro atoms. The average molecular weight is 546 g/mol. The number of carbonyl (C=O) groups excluding carboxylic acids is 1. The van der Waals surface area contributed by atoms with Crippen LogP contribution in [0.15, 0.2) is 81.0 Å². The van der Waals surface area contributed by atoms with Crippen LogP contribution in [0.25, 0.3) is 33.5 Å². The van der Waals surface area contributed by atoms with E-state index in [2.05, 4.69) is 10.1 Å². The van der Waals surface area contributed by atoms with E-state index in [9.17, 15) is 9.59 Å². The number of benzene rings is 3. The molecule has 0 saturated heterocycles. The zero-order valence-electron chi connectivity index (χ0n) is 21.4. The number of carbonyl (C=O) groups is 1. The molecule has 0 unspecified atom stereocenters. The second kappa shape index (κ2) is 11.0. The molecule has 0 radical (unpaired) electrons. The number of hydrogen-bond donors (Lipinski definition) is 0. The molecule has 5 aromatic rings. The Labute approximate surface area is 228 Å². The summed E-state index contributed by atoms with van der Waals surface area (Å²) in [7, 11) is 1.49. The van der Waals surface area contributed by atoms with Crippen molar-refractivity contribution >= 4 is 45.7 Å². The Morgan fingerprint density at radius 3 is 2.74 bits per heavy atom. The molecule has 9 nitrogen and oxygen atoms in total. The molecule has 2 heterocycles. The highest BCUT2D eigenvalue weighted by molar-refractivity contribution is 6.31. The largest absolute Gasteiger partial charge is 0.493 e. The van der Waals surface area contributed by atoms with Gasteiger partial charge in [0, 0.05) is 16.0 Å². The lowest BCUT2D eigenvalue weighted by Crippen LogP contribution is -2.20. The van der Waals surface area contributed by atoms with Crippen LogP contribution in [0.1, 0.15) is 19.4 Å². The van der Waals surface area contributed by atoms with Gasteiger partial charge in [-0.15, -0.1) is 0 Å². The standard InChI is InChI=1S/C29H24ClN3O6/c1-17(2)38-26(34)16-37-27-18(7-6-10-24(27)36-3)15-31-33-28(32-22-9-5-4-8-21(22)29(33)35)25-14-19-13-20(30)11-12-23(19)39-25/h4-15,17H,16H2,1-3H3. The lowest BCUT2D eigenvalue weighted by atomic mass is 10.2. The number of esters is 1. The van der Waals surface area contributed by atoms with Gasteiger partial charge in [-0.25, -0.2) is 9.78 Å². The van der Waals surface area contributed by atoms with Crippen molar-refractivity contribution in [3.63, 3.8) is 0 Å². The molecule has 0 atom stereocenters. The number of fused-ring (bicyclic) bond motifs is 2. The third kappa shape index (κ3) is 5.49. The minimum Gasteiger partial charge on any atom is -0.493 e. The van der Waals surface area contributed by atoms with E-state index >= 15 is 0 Å². The van der Waals surface area contributed by atoms with Gasteiger partial charge in [-0.2, -0.15) is 9.78 Å². The predicted octanol–water partition coefficient (Wildman–Crippen LogP) is 5.68.